The molecule has 0 bridgehead atoms. The normalized spacial score (nSPS) is 21.2. The number of methoxy groups -OCH3 is 2. The van der Waals surface area contributed by atoms with Gasteiger partial charge in [-0.1, -0.05) is 47.5 Å². The minimum absolute atomic E-state index is 0.0156. The number of carboxylic acids is 1. The van der Waals surface area contributed by atoms with E-state index in [1.807, 2.05) is 74.0 Å². The van der Waals surface area contributed by atoms with Gasteiger partial charge in [0, 0.05) is 164 Å². The number of hydrogen-bond donors (Lipinski definition) is 3. The first-order chi connectivity index (χ1) is 54.6. The molecule has 5 atom stereocenters. The number of rotatable bonds is 20. The lowest BCUT2D eigenvalue weighted by Gasteiger charge is -2.38. The van der Waals surface area contributed by atoms with Crippen LogP contribution in [-0.2, 0) is 35.1 Å². The molecule has 0 radical (unpaired) electrons. The molecule has 5 amide bonds. The summed E-state index contributed by atoms with van der Waals surface area (Å²) in [6.07, 6.45) is 3.24. The number of alkyl halides is 2. The molecule has 2 aromatic heterocycles. The number of benzene rings is 6. The first kappa shape index (κ1) is 77.5. The van der Waals surface area contributed by atoms with Crippen molar-refractivity contribution in [2.75, 3.05) is 116 Å². The molecule has 26 nitrogen and oxygen atoms in total. The number of aromatic nitrogens is 2. The summed E-state index contributed by atoms with van der Waals surface area (Å²) in [6.45, 7) is 6.34. The Bertz CT molecular complexity index is 5050. The number of carboxylic acid groups (broad SMARTS) is 1. The molecule has 8 aromatic rings. The Labute approximate surface area is 663 Å². The summed E-state index contributed by atoms with van der Waals surface area (Å²) >= 11 is 15.8. The molecule has 586 valence electrons. The lowest BCUT2D eigenvalue weighted by Crippen LogP contribution is -2.53. The van der Waals surface area contributed by atoms with E-state index in [1.54, 1.807) is 58.6 Å². The van der Waals surface area contributed by atoms with E-state index in [2.05, 4.69) is 30.4 Å². The number of carbonyl (C=O) groups excluding carboxylic acids is 5. The van der Waals surface area contributed by atoms with Crippen LogP contribution in [0.5, 0.6) is 23.0 Å². The average molecular weight is 1620 g/mol. The van der Waals surface area contributed by atoms with Gasteiger partial charge in [0.25, 0.3) is 5.91 Å². The van der Waals surface area contributed by atoms with Crippen molar-refractivity contribution in [3.8, 4) is 23.0 Å². The van der Waals surface area contributed by atoms with Crippen LogP contribution in [0.1, 0.15) is 62.0 Å². The van der Waals surface area contributed by atoms with E-state index in [4.69, 9.17) is 56.9 Å². The summed E-state index contributed by atoms with van der Waals surface area (Å²) < 4.78 is 84.1. The highest BCUT2D eigenvalue weighted by Gasteiger charge is 2.47. The molecule has 113 heavy (non-hydrogen) atoms. The summed E-state index contributed by atoms with van der Waals surface area (Å²) in [5.74, 6) is -0.772. The monoisotopic (exact) mass is 1620 g/mol. The number of morpholine rings is 1. The maximum Gasteiger partial charge on any atom is 0.338 e. The van der Waals surface area contributed by atoms with E-state index in [-0.39, 0.29) is 76.9 Å². The molecule has 6 aromatic carbocycles. The predicted octanol–water partition coefficient (Wildman–Crippen LogP) is 11.9. The molecule has 16 rings (SSSR count). The molecule has 6 fully saturated rings. The number of fused-ring (bicyclic) bond motifs is 2. The second-order valence-corrected chi connectivity index (χ2v) is 30.3. The van der Waals surface area contributed by atoms with Gasteiger partial charge in [-0.2, -0.15) is 8.78 Å². The Kier molecular flexibility index (Phi) is 22.9. The van der Waals surface area contributed by atoms with Gasteiger partial charge < -0.3 is 49.2 Å². The topological polar surface area (TPSA) is 269 Å². The van der Waals surface area contributed by atoms with Crippen LogP contribution >= 0.6 is 45.9 Å². The van der Waals surface area contributed by atoms with Gasteiger partial charge in [0.15, 0.2) is 21.7 Å². The van der Waals surface area contributed by atoms with Crippen LogP contribution in [-0.4, -0.2) is 222 Å². The van der Waals surface area contributed by atoms with Gasteiger partial charge in [-0.25, -0.2) is 37.9 Å². The molecule has 10 heterocycles. The van der Waals surface area contributed by atoms with E-state index in [1.165, 1.54) is 85.4 Å². The number of nitrogens with one attached hydrogen (secondary N) is 2. The zero-order valence-electron chi connectivity index (χ0n) is 60.8. The first-order valence-corrected chi connectivity index (χ1v) is 38.8. The number of piperazine rings is 2. The van der Waals surface area contributed by atoms with E-state index in [0.29, 0.717) is 163 Å². The Hall–Kier alpha value is -10.8. The second kappa shape index (κ2) is 33.5. The van der Waals surface area contributed by atoms with Crippen LogP contribution in [0.15, 0.2) is 189 Å². The number of thiazole rings is 2. The van der Waals surface area contributed by atoms with Crippen LogP contribution in [0.4, 0.5) is 38.5 Å². The number of likely N-dealkylation sites (tertiary alicyclic amines) is 1. The Morgan fingerprint density at radius 1 is 0.593 bits per heavy atom. The van der Waals surface area contributed by atoms with Crippen molar-refractivity contribution in [3.05, 3.63) is 233 Å². The van der Waals surface area contributed by atoms with E-state index < -0.39 is 59.6 Å². The highest BCUT2D eigenvalue weighted by Crippen LogP contribution is 2.42. The molecule has 0 unspecified atom stereocenters. The number of carbonyl (C=O) groups is 6. The molecule has 8 aliphatic heterocycles. The SMILES string of the molecule is COC(=O)C1=C(CN2CCN3C(=O)N(c4ccc(Oc5ccc(C(=O)N6CCCC6(F)F)cc5)cc4)C[C@@H]3C2)NC(c2nccs2)=N[C@H]1c1ccc(F)cc1Cl.COC(=O)C1=C(CN2CCN3C(=O)N(c4ccc(Oc5ccc(CN6CCOC[C@H]6C(=O)O)cc5)cc4)C[C@@H]3C2)NC(c2nccs2)=N[C@H]1c1ccc(F)cc1Cl. The number of nitrogens with zero attached hydrogens (tertiary/aromatic N) is 12. The molecule has 3 N–H and O–H groups in total. The zero-order chi connectivity index (χ0) is 78.8. The maximum atomic E-state index is 14.1. The third-order valence-electron chi connectivity index (χ3n) is 20.7. The third kappa shape index (κ3) is 16.8. The minimum atomic E-state index is -3.14. The number of amides is 5. The van der Waals surface area contributed by atoms with Gasteiger partial charge in [0.2, 0.25) is 0 Å². The highest BCUT2D eigenvalue weighted by molar-refractivity contribution is 7.12. The van der Waals surface area contributed by atoms with E-state index >= 15 is 0 Å². The van der Waals surface area contributed by atoms with Crippen LogP contribution in [0, 0.1) is 11.6 Å². The Morgan fingerprint density at radius 3 is 1.47 bits per heavy atom. The summed E-state index contributed by atoms with van der Waals surface area (Å²) in [4.78, 5) is 111. The van der Waals surface area contributed by atoms with Gasteiger partial charge in [0.1, 0.15) is 52.8 Å². The third-order valence-corrected chi connectivity index (χ3v) is 22.9. The van der Waals surface area contributed by atoms with Gasteiger partial charge >= 0.3 is 36.0 Å². The molecule has 0 spiro atoms. The number of anilines is 2. The molecular weight excluding hydrogens is 1550 g/mol. The number of aliphatic imine (C=N–C) groups is 2. The zero-order valence-corrected chi connectivity index (χ0v) is 64.0. The van der Waals surface area contributed by atoms with Crippen molar-refractivity contribution < 1.29 is 75.1 Å². The smallest absolute Gasteiger partial charge is 0.338 e. The number of amidine groups is 2. The number of aliphatic carboxylic acids is 1. The van der Waals surface area contributed by atoms with Crippen molar-refractivity contribution in [1.82, 2.24) is 50.0 Å². The van der Waals surface area contributed by atoms with Gasteiger partial charge in [-0.15, -0.1) is 22.7 Å². The highest BCUT2D eigenvalue weighted by atomic mass is 35.5. The number of ether oxygens (including phenoxy) is 5. The predicted molar refractivity (Wildman–Crippen MR) is 413 cm³/mol. The Morgan fingerprint density at radius 2 is 1.05 bits per heavy atom. The molecule has 34 heteroatoms. The summed E-state index contributed by atoms with van der Waals surface area (Å²) in [6, 6.07) is 30.0. The van der Waals surface area contributed by atoms with Crippen LogP contribution in [0.25, 0.3) is 0 Å². The summed E-state index contributed by atoms with van der Waals surface area (Å²) in [5, 5.41) is 21.3. The van der Waals surface area contributed by atoms with Gasteiger partial charge in [0.05, 0.1) is 50.7 Å². The number of halogens is 6. The van der Waals surface area contributed by atoms with Crippen LogP contribution in [0.3, 0.4) is 0 Å². The van der Waals surface area contributed by atoms with Crippen molar-refractivity contribution in [3.63, 3.8) is 0 Å². The minimum Gasteiger partial charge on any atom is -0.480 e. The molecule has 0 saturated carbocycles. The summed E-state index contributed by atoms with van der Waals surface area (Å²) in [7, 11) is 2.59. The van der Waals surface area contributed by atoms with Crippen molar-refractivity contribution >= 4 is 105 Å². The fourth-order valence-electron chi connectivity index (χ4n) is 15.1. The fraction of sp³-hybridized carbons (Fsp3) is 0.316. The fourth-order valence-corrected chi connectivity index (χ4v) is 16.8. The Balaban J connectivity index is 0.000000178. The lowest BCUT2D eigenvalue weighted by atomic mass is 9.95. The summed E-state index contributed by atoms with van der Waals surface area (Å²) in [5.41, 5.74) is 5.07. The number of hydrogen-bond acceptors (Lipinski definition) is 22. The molecule has 6 saturated heterocycles. The van der Waals surface area contributed by atoms with E-state index in [9.17, 15) is 51.4 Å². The first-order valence-electron chi connectivity index (χ1n) is 36.3. The van der Waals surface area contributed by atoms with Crippen molar-refractivity contribution in [2.24, 2.45) is 9.98 Å². The molecule has 0 aliphatic carbocycles. The molecular formula is C79H74Cl2F4N14O12S2. The lowest BCUT2D eigenvalue weighted by molar-refractivity contribution is -0.150. The van der Waals surface area contributed by atoms with Crippen LogP contribution < -0.4 is 29.9 Å². The number of urea groups is 2. The largest absolute Gasteiger partial charge is 0.480 e. The van der Waals surface area contributed by atoms with Crippen LogP contribution in [0.2, 0.25) is 10.0 Å². The maximum absolute atomic E-state index is 14.1. The molecule has 8 aliphatic rings. The standard InChI is InChI=1S/C40H39ClFN7O7S.C39H35ClF3N7O5S/c1-54-39(52)34-32(44-36(37-43-12-17-57-37)45-35(34)30-11-4-25(42)18-31(30)41)22-46-13-14-48-27(20-46)21-49(40(48)53)26-5-9-29(10-6-26)56-28-7-2-24(3-8-28)19-47-15-16-55-23-33(47)38(50)51;1-54-37(52)32-31(45-34(35-44-14-18-56-35)46-33(32)29-12-5-24(41)19-30(29)40)22-47-16-17-48-26(20-47)21-49(38(48)53)25-6-10-28(11-7-25)55-27-8-3-23(4-9-27)36(51)50-15-2-13-39(50,42)43/h2-12,17-18,27,33,35H,13-16,19-23H2,1H3,(H,44,45)(H,50,51);3-12,14,18-19,26,33H,2,13,15-17,20-22H2,1H3,(H,45,46)/t27-,33-,35-;26-,33-/m00/s1. The number of esters is 2. The van der Waals surface area contributed by atoms with Crippen molar-refractivity contribution in [2.45, 2.75) is 55.6 Å². The van der Waals surface area contributed by atoms with Crippen molar-refractivity contribution in [1.29, 1.82) is 0 Å². The second-order valence-electron chi connectivity index (χ2n) is 27.7. The van der Waals surface area contributed by atoms with E-state index in [0.717, 1.165) is 11.3 Å². The quantitative estimate of drug-likeness (QED) is 0.0363. The average Bonchev–Trinajstić information content (AvgIpc) is 0.869. The van der Waals surface area contributed by atoms with Gasteiger partial charge in [-0.05, 0) is 121 Å². The van der Waals surface area contributed by atoms with Gasteiger partial charge in [-0.3, -0.25) is 49.0 Å².